The molecule has 1 atom stereocenters. The summed E-state index contributed by atoms with van der Waals surface area (Å²) in [6, 6.07) is 8.53. The molecule has 0 saturated heterocycles. The van der Waals surface area contributed by atoms with Gasteiger partial charge in [0, 0.05) is 13.0 Å². The van der Waals surface area contributed by atoms with Crippen molar-refractivity contribution in [1.82, 2.24) is 5.32 Å². The molecule has 0 spiro atoms. The third-order valence-electron chi connectivity index (χ3n) is 5.10. The Hall–Kier alpha value is -1.79. The first-order valence-electron chi connectivity index (χ1n) is 9.93. The van der Waals surface area contributed by atoms with E-state index in [0.29, 0.717) is 12.0 Å². The monoisotopic (exact) mass is 355 g/mol. The molecule has 0 fully saturated rings. The van der Waals surface area contributed by atoms with E-state index in [1.165, 1.54) is 18.4 Å². The van der Waals surface area contributed by atoms with Crippen LogP contribution >= 0.6 is 0 Å². The maximum absolute atomic E-state index is 12.0. The average Bonchev–Trinajstić information content (AvgIpc) is 2.60. The van der Waals surface area contributed by atoms with Crippen molar-refractivity contribution in [3.05, 3.63) is 35.4 Å². The van der Waals surface area contributed by atoms with Gasteiger partial charge in [-0.05, 0) is 42.2 Å². The van der Waals surface area contributed by atoms with Crippen molar-refractivity contribution in [2.45, 2.75) is 78.4 Å². The van der Waals surface area contributed by atoms with E-state index in [0.717, 1.165) is 37.7 Å². The van der Waals surface area contributed by atoms with Crippen LogP contribution in [0, 0.1) is 17.3 Å². The third kappa shape index (κ3) is 7.62. The molecule has 1 amide bonds. The molecule has 1 unspecified atom stereocenters. The molecule has 1 aliphatic rings. The van der Waals surface area contributed by atoms with Crippen molar-refractivity contribution >= 4 is 5.91 Å². The molecule has 2 rings (SSSR count). The Morgan fingerprint density at radius 1 is 1.19 bits per heavy atom. The molecule has 3 heteroatoms. The average molecular weight is 356 g/mol. The number of hydrogen-bond donors (Lipinski definition) is 1. The zero-order chi connectivity index (χ0) is 18.8. The molecular formula is C23H33NO2. The summed E-state index contributed by atoms with van der Waals surface area (Å²) in [7, 11) is 0. The number of hydrogen-bond acceptors (Lipinski definition) is 2. The number of nitrogens with one attached hydrogen (secondary N) is 1. The standard InChI is InChI=1S/C23H33NO2/c1-4-23(2,3)16-19-12-14-20(15-13-19)17-24-22(25)18-26-21-10-8-6-5-7-9-11-21/h12-15,21H,4-8,10,16-18H2,1-3H3,(H,24,25). The van der Waals surface area contributed by atoms with Gasteiger partial charge in [-0.15, -0.1) is 5.92 Å². The van der Waals surface area contributed by atoms with Gasteiger partial charge in [0.15, 0.2) is 0 Å². The first-order chi connectivity index (χ1) is 12.5. The second kappa shape index (κ2) is 10.4. The molecule has 0 aliphatic heterocycles. The lowest BCUT2D eigenvalue weighted by Gasteiger charge is -2.22. The van der Waals surface area contributed by atoms with Crippen molar-refractivity contribution in [1.29, 1.82) is 0 Å². The zero-order valence-corrected chi connectivity index (χ0v) is 16.6. The predicted octanol–water partition coefficient (Wildman–Crippen LogP) is 4.63. The van der Waals surface area contributed by atoms with Crippen molar-refractivity contribution in [3.63, 3.8) is 0 Å². The highest BCUT2D eigenvalue weighted by Gasteiger charge is 2.15. The summed E-state index contributed by atoms with van der Waals surface area (Å²) in [6.45, 7) is 7.44. The molecule has 0 aromatic heterocycles. The summed E-state index contributed by atoms with van der Waals surface area (Å²) in [5.74, 6) is 6.19. The first-order valence-corrected chi connectivity index (χ1v) is 9.93. The molecule has 26 heavy (non-hydrogen) atoms. The summed E-state index contributed by atoms with van der Waals surface area (Å²) < 4.78 is 5.67. The van der Waals surface area contributed by atoms with Gasteiger partial charge in [0.2, 0.25) is 5.91 Å². The van der Waals surface area contributed by atoms with Gasteiger partial charge in [-0.3, -0.25) is 4.79 Å². The number of amides is 1. The fraction of sp³-hybridized carbons (Fsp3) is 0.609. The van der Waals surface area contributed by atoms with E-state index in [9.17, 15) is 4.79 Å². The minimum absolute atomic E-state index is 0.0787. The molecule has 0 heterocycles. The lowest BCUT2D eigenvalue weighted by atomic mass is 9.83. The Balaban J connectivity index is 1.73. The minimum atomic E-state index is -0.0951. The highest BCUT2D eigenvalue weighted by molar-refractivity contribution is 5.77. The van der Waals surface area contributed by atoms with Crippen molar-refractivity contribution in [2.75, 3.05) is 6.61 Å². The van der Waals surface area contributed by atoms with Crippen LogP contribution in [-0.2, 0) is 22.5 Å². The number of carbonyl (C=O) groups is 1. The van der Waals surface area contributed by atoms with Crippen LogP contribution in [0.25, 0.3) is 0 Å². The van der Waals surface area contributed by atoms with Crippen LogP contribution in [0.3, 0.4) is 0 Å². The fourth-order valence-corrected chi connectivity index (χ4v) is 2.98. The summed E-state index contributed by atoms with van der Waals surface area (Å²) >= 11 is 0. The van der Waals surface area contributed by atoms with Crippen LogP contribution in [0.5, 0.6) is 0 Å². The van der Waals surface area contributed by atoms with E-state index < -0.39 is 0 Å². The molecule has 1 aromatic carbocycles. The Kier molecular flexibility index (Phi) is 8.19. The van der Waals surface area contributed by atoms with Gasteiger partial charge in [-0.25, -0.2) is 0 Å². The Labute approximate surface area is 158 Å². The van der Waals surface area contributed by atoms with E-state index in [-0.39, 0.29) is 18.6 Å². The van der Waals surface area contributed by atoms with Gasteiger partial charge >= 0.3 is 0 Å². The molecule has 3 nitrogen and oxygen atoms in total. The summed E-state index contributed by atoms with van der Waals surface area (Å²) in [5.41, 5.74) is 2.78. The van der Waals surface area contributed by atoms with Crippen LogP contribution in [0.15, 0.2) is 24.3 Å². The van der Waals surface area contributed by atoms with E-state index in [1.807, 2.05) is 0 Å². The predicted molar refractivity (Wildman–Crippen MR) is 107 cm³/mol. The summed E-state index contributed by atoms with van der Waals surface area (Å²) in [5, 5.41) is 2.93. The van der Waals surface area contributed by atoms with Crippen LogP contribution in [0.1, 0.15) is 70.4 Å². The quantitative estimate of drug-likeness (QED) is 0.690. The molecule has 0 saturated carbocycles. The zero-order valence-electron chi connectivity index (χ0n) is 16.6. The number of carbonyl (C=O) groups excluding carboxylic acids is 1. The topological polar surface area (TPSA) is 38.3 Å². The molecule has 1 N–H and O–H groups in total. The first kappa shape index (κ1) is 20.5. The van der Waals surface area contributed by atoms with Gasteiger partial charge in [-0.1, -0.05) is 63.8 Å². The number of ether oxygens (including phenoxy) is 1. The normalized spacial score (nSPS) is 17.6. The van der Waals surface area contributed by atoms with Crippen LogP contribution in [0.4, 0.5) is 0 Å². The maximum atomic E-state index is 12.0. The summed E-state index contributed by atoms with van der Waals surface area (Å²) in [6.07, 6.45) is 7.52. The number of benzene rings is 1. The van der Waals surface area contributed by atoms with Gasteiger partial charge in [0.05, 0.1) is 0 Å². The van der Waals surface area contributed by atoms with E-state index in [4.69, 9.17) is 4.74 Å². The molecule has 0 radical (unpaired) electrons. The Bertz CT molecular complexity index is 622. The highest BCUT2D eigenvalue weighted by Crippen LogP contribution is 2.25. The van der Waals surface area contributed by atoms with Crippen LogP contribution in [0.2, 0.25) is 0 Å². The van der Waals surface area contributed by atoms with Gasteiger partial charge in [-0.2, -0.15) is 0 Å². The lowest BCUT2D eigenvalue weighted by molar-refractivity contribution is -0.127. The maximum Gasteiger partial charge on any atom is 0.246 e. The van der Waals surface area contributed by atoms with Gasteiger partial charge in [0.25, 0.3) is 0 Å². The summed E-state index contributed by atoms with van der Waals surface area (Å²) in [4.78, 5) is 12.0. The van der Waals surface area contributed by atoms with Crippen molar-refractivity contribution in [2.24, 2.45) is 5.41 Å². The number of rotatable bonds is 8. The van der Waals surface area contributed by atoms with Gasteiger partial charge < -0.3 is 10.1 Å². The molecule has 1 aromatic rings. The van der Waals surface area contributed by atoms with Crippen molar-refractivity contribution < 1.29 is 9.53 Å². The largest absolute Gasteiger partial charge is 0.356 e. The SMILES string of the molecule is CCC(C)(C)Cc1ccc(CNC(=O)COC2C#CCCCCC2)cc1. The second-order valence-electron chi connectivity index (χ2n) is 8.01. The molecule has 142 valence electrons. The van der Waals surface area contributed by atoms with Crippen molar-refractivity contribution in [3.8, 4) is 11.8 Å². The molecular weight excluding hydrogens is 322 g/mol. The molecule has 0 bridgehead atoms. The minimum Gasteiger partial charge on any atom is -0.356 e. The third-order valence-corrected chi connectivity index (χ3v) is 5.10. The lowest BCUT2D eigenvalue weighted by Crippen LogP contribution is -2.29. The second-order valence-corrected chi connectivity index (χ2v) is 8.01. The van der Waals surface area contributed by atoms with Crippen LogP contribution < -0.4 is 5.32 Å². The van der Waals surface area contributed by atoms with Gasteiger partial charge in [0.1, 0.15) is 12.7 Å². The highest BCUT2D eigenvalue weighted by atomic mass is 16.5. The van der Waals surface area contributed by atoms with Crippen LogP contribution in [-0.4, -0.2) is 18.6 Å². The Morgan fingerprint density at radius 3 is 2.65 bits per heavy atom. The smallest absolute Gasteiger partial charge is 0.246 e. The molecule has 1 aliphatic carbocycles. The van der Waals surface area contributed by atoms with E-state index in [1.54, 1.807) is 0 Å². The fourth-order valence-electron chi connectivity index (χ4n) is 2.98. The van der Waals surface area contributed by atoms with E-state index >= 15 is 0 Å². The van der Waals surface area contributed by atoms with E-state index in [2.05, 4.69) is 62.2 Å². The Morgan fingerprint density at radius 2 is 1.92 bits per heavy atom.